The zero-order valence-corrected chi connectivity index (χ0v) is 13.8. The third-order valence-electron chi connectivity index (χ3n) is 3.56. The molecule has 0 aromatic rings. The number of esters is 1. The zero-order valence-electron chi connectivity index (χ0n) is 13.8. The fraction of sp³-hybridized carbons (Fsp3) is 0.833. The Hall–Kier alpha value is -0.790. The molecule has 0 saturated heterocycles. The van der Waals surface area contributed by atoms with Crippen LogP contribution in [0.4, 0.5) is 0 Å². The predicted octanol–water partition coefficient (Wildman–Crippen LogP) is 5.66. The summed E-state index contributed by atoms with van der Waals surface area (Å²) in [6.07, 6.45) is 17.7. The molecule has 2 nitrogen and oxygen atoms in total. The maximum atomic E-state index is 10.9. The Morgan fingerprint density at radius 1 is 0.900 bits per heavy atom. The van der Waals surface area contributed by atoms with Crippen LogP contribution in [0.25, 0.3) is 0 Å². The Labute approximate surface area is 126 Å². The molecule has 0 heterocycles. The SMILES string of the molecule is COC(=O)CCCCCCCCCC=CCCC(C)C. The molecule has 2 heteroatoms. The lowest BCUT2D eigenvalue weighted by Gasteiger charge is -2.01. The van der Waals surface area contributed by atoms with Gasteiger partial charge in [0.05, 0.1) is 7.11 Å². The summed E-state index contributed by atoms with van der Waals surface area (Å²) in [6.45, 7) is 4.55. The van der Waals surface area contributed by atoms with E-state index in [4.69, 9.17) is 0 Å². The van der Waals surface area contributed by atoms with Crippen LogP contribution >= 0.6 is 0 Å². The van der Waals surface area contributed by atoms with E-state index >= 15 is 0 Å². The molecule has 0 amide bonds. The molecule has 20 heavy (non-hydrogen) atoms. The summed E-state index contributed by atoms with van der Waals surface area (Å²) in [5.41, 5.74) is 0. The van der Waals surface area contributed by atoms with E-state index in [1.807, 2.05) is 0 Å². The number of ether oxygens (including phenoxy) is 1. The van der Waals surface area contributed by atoms with Crippen LogP contribution in [0.15, 0.2) is 12.2 Å². The van der Waals surface area contributed by atoms with Gasteiger partial charge in [-0.05, 0) is 38.0 Å². The van der Waals surface area contributed by atoms with Crippen molar-refractivity contribution in [2.24, 2.45) is 5.92 Å². The molecule has 0 aliphatic heterocycles. The Morgan fingerprint density at radius 2 is 1.45 bits per heavy atom. The summed E-state index contributed by atoms with van der Waals surface area (Å²) in [5.74, 6) is 0.744. The molecule has 0 N–H and O–H groups in total. The Kier molecular flexibility index (Phi) is 14.0. The third-order valence-corrected chi connectivity index (χ3v) is 3.56. The van der Waals surface area contributed by atoms with Crippen LogP contribution in [0.1, 0.15) is 84.5 Å². The van der Waals surface area contributed by atoms with Gasteiger partial charge in [-0.15, -0.1) is 0 Å². The van der Waals surface area contributed by atoms with Crippen molar-refractivity contribution >= 4 is 5.97 Å². The van der Waals surface area contributed by atoms with Crippen molar-refractivity contribution in [3.8, 4) is 0 Å². The number of methoxy groups -OCH3 is 1. The van der Waals surface area contributed by atoms with Crippen LogP contribution < -0.4 is 0 Å². The lowest BCUT2D eigenvalue weighted by atomic mass is 10.1. The Bertz CT molecular complexity index is 244. The number of carbonyl (C=O) groups is 1. The van der Waals surface area contributed by atoms with Crippen LogP contribution in [-0.4, -0.2) is 13.1 Å². The molecule has 0 unspecified atom stereocenters. The molecule has 0 fully saturated rings. The summed E-state index contributed by atoms with van der Waals surface area (Å²) in [6, 6.07) is 0. The van der Waals surface area contributed by atoms with Crippen LogP contribution in [0.3, 0.4) is 0 Å². The highest BCUT2D eigenvalue weighted by atomic mass is 16.5. The van der Waals surface area contributed by atoms with Crippen molar-refractivity contribution in [3.63, 3.8) is 0 Å². The molecule has 0 bridgehead atoms. The number of hydrogen-bond donors (Lipinski definition) is 0. The lowest BCUT2D eigenvalue weighted by molar-refractivity contribution is -0.140. The minimum atomic E-state index is -0.0748. The van der Waals surface area contributed by atoms with E-state index < -0.39 is 0 Å². The molecule has 0 saturated carbocycles. The fourth-order valence-corrected chi connectivity index (χ4v) is 2.18. The second-order valence-corrected chi connectivity index (χ2v) is 6.03. The first-order chi connectivity index (χ1) is 9.66. The molecule has 0 rings (SSSR count). The number of unbranched alkanes of at least 4 members (excludes halogenated alkanes) is 7. The second-order valence-electron chi connectivity index (χ2n) is 6.03. The summed E-state index contributed by atoms with van der Waals surface area (Å²) < 4.78 is 4.62. The normalized spacial score (nSPS) is 11.4. The van der Waals surface area contributed by atoms with Gasteiger partial charge < -0.3 is 4.74 Å². The van der Waals surface area contributed by atoms with Gasteiger partial charge >= 0.3 is 5.97 Å². The Morgan fingerprint density at radius 3 is 2.05 bits per heavy atom. The highest BCUT2D eigenvalue weighted by Crippen LogP contribution is 2.11. The van der Waals surface area contributed by atoms with Crippen molar-refractivity contribution in [2.75, 3.05) is 7.11 Å². The summed E-state index contributed by atoms with van der Waals surface area (Å²) in [5, 5.41) is 0. The molecule has 118 valence electrons. The molecule has 0 aromatic carbocycles. The largest absolute Gasteiger partial charge is 0.469 e. The van der Waals surface area contributed by atoms with Crippen LogP contribution in [0.5, 0.6) is 0 Å². The number of hydrogen-bond acceptors (Lipinski definition) is 2. The third kappa shape index (κ3) is 15.3. The van der Waals surface area contributed by atoms with Gasteiger partial charge in [0.2, 0.25) is 0 Å². The van der Waals surface area contributed by atoms with Gasteiger partial charge in [-0.3, -0.25) is 4.79 Å². The van der Waals surface area contributed by atoms with E-state index in [1.54, 1.807) is 0 Å². The van der Waals surface area contributed by atoms with Crippen LogP contribution in [-0.2, 0) is 9.53 Å². The summed E-state index contributed by atoms with van der Waals surface area (Å²) >= 11 is 0. The average Bonchev–Trinajstić information content (AvgIpc) is 2.43. The van der Waals surface area contributed by atoms with Gasteiger partial charge in [0.15, 0.2) is 0 Å². The molecule has 0 aromatic heterocycles. The topological polar surface area (TPSA) is 26.3 Å². The van der Waals surface area contributed by atoms with E-state index in [0.29, 0.717) is 6.42 Å². The summed E-state index contributed by atoms with van der Waals surface area (Å²) in [7, 11) is 1.46. The first kappa shape index (κ1) is 19.2. The van der Waals surface area contributed by atoms with E-state index in [1.165, 1.54) is 58.5 Å². The maximum Gasteiger partial charge on any atom is 0.305 e. The van der Waals surface area contributed by atoms with Crippen molar-refractivity contribution < 1.29 is 9.53 Å². The van der Waals surface area contributed by atoms with E-state index in [-0.39, 0.29) is 5.97 Å². The predicted molar refractivity (Wildman–Crippen MR) is 86.8 cm³/mol. The smallest absolute Gasteiger partial charge is 0.305 e. The minimum absolute atomic E-state index is 0.0748. The van der Waals surface area contributed by atoms with Crippen LogP contribution in [0, 0.1) is 5.92 Å². The second kappa shape index (κ2) is 14.6. The van der Waals surface area contributed by atoms with Crippen molar-refractivity contribution in [2.45, 2.75) is 84.5 Å². The highest BCUT2D eigenvalue weighted by Gasteiger charge is 1.98. The molecular weight excluding hydrogens is 248 g/mol. The van der Waals surface area contributed by atoms with Gasteiger partial charge in [-0.2, -0.15) is 0 Å². The van der Waals surface area contributed by atoms with Gasteiger partial charge in [0.1, 0.15) is 0 Å². The van der Waals surface area contributed by atoms with E-state index in [0.717, 1.165) is 18.8 Å². The van der Waals surface area contributed by atoms with Gasteiger partial charge in [-0.1, -0.05) is 58.1 Å². The maximum absolute atomic E-state index is 10.9. The van der Waals surface area contributed by atoms with Gasteiger partial charge in [0, 0.05) is 6.42 Å². The van der Waals surface area contributed by atoms with Gasteiger partial charge in [-0.25, -0.2) is 0 Å². The number of carbonyl (C=O) groups excluding carboxylic acids is 1. The Balaban J connectivity index is 3.11. The quantitative estimate of drug-likeness (QED) is 0.247. The molecule has 0 atom stereocenters. The molecule has 0 spiro atoms. The van der Waals surface area contributed by atoms with Gasteiger partial charge in [0.25, 0.3) is 0 Å². The first-order valence-electron chi connectivity index (χ1n) is 8.38. The fourth-order valence-electron chi connectivity index (χ4n) is 2.18. The van der Waals surface area contributed by atoms with Crippen molar-refractivity contribution in [3.05, 3.63) is 12.2 Å². The highest BCUT2D eigenvalue weighted by molar-refractivity contribution is 5.68. The van der Waals surface area contributed by atoms with Crippen LogP contribution in [0.2, 0.25) is 0 Å². The average molecular weight is 282 g/mol. The van der Waals surface area contributed by atoms with Crippen molar-refractivity contribution in [1.29, 1.82) is 0 Å². The number of allylic oxidation sites excluding steroid dienone is 2. The molecule has 0 aliphatic carbocycles. The van der Waals surface area contributed by atoms with E-state index in [9.17, 15) is 4.79 Å². The summed E-state index contributed by atoms with van der Waals surface area (Å²) in [4.78, 5) is 10.9. The molecule has 0 aliphatic rings. The zero-order chi connectivity index (χ0) is 15.1. The van der Waals surface area contributed by atoms with Crippen molar-refractivity contribution in [1.82, 2.24) is 0 Å². The standard InChI is InChI=1S/C18H34O2/c1-17(2)15-13-11-9-7-5-4-6-8-10-12-14-16-18(19)20-3/h9,11,17H,4-8,10,12-16H2,1-3H3. The number of rotatable bonds is 13. The monoisotopic (exact) mass is 282 g/mol. The minimum Gasteiger partial charge on any atom is -0.469 e. The van der Waals surface area contributed by atoms with E-state index in [2.05, 4.69) is 30.7 Å². The molecule has 0 radical (unpaired) electrons. The molecular formula is C18H34O2. The lowest BCUT2D eigenvalue weighted by Crippen LogP contribution is -1.99. The first-order valence-corrected chi connectivity index (χ1v) is 8.38.